The van der Waals surface area contributed by atoms with Crippen molar-refractivity contribution in [2.45, 2.75) is 0 Å². The third kappa shape index (κ3) is 1.81. The Kier molecular flexibility index (Phi) is 2.67. The van der Waals surface area contributed by atoms with Gasteiger partial charge in [-0.3, -0.25) is 0 Å². The van der Waals surface area contributed by atoms with Gasteiger partial charge in [-0.2, -0.15) is 0 Å². The molecule has 0 aliphatic rings. The zero-order valence-corrected chi connectivity index (χ0v) is 7.56. The van der Waals surface area contributed by atoms with E-state index in [1.165, 1.54) is 12.1 Å². The summed E-state index contributed by atoms with van der Waals surface area (Å²) in [5, 5.41) is 1.15. The van der Waals surface area contributed by atoms with Crippen LogP contribution in [0, 0.1) is 12.3 Å². The first-order valence-corrected chi connectivity index (χ1v) is 3.86. The maximum Gasteiger partial charge on any atom is 0.0629 e. The number of rotatable bonds is 0. The number of halogens is 3. The highest BCUT2D eigenvalue weighted by Crippen LogP contribution is 2.27. The Balaban J connectivity index is 3.40. The van der Waals surface area contributed by atoms with E-state index in [-0.39, 0.29) is 0 Å². The maximum absolute atomic E-state index is 6.83. The highest BCUT2D eigenvalue weighted by Gasteiger charge is 2.03. The van der Waals surface area contributed by atoms with Crippen molar-refractivity contribution in [3.05, 3.63) is 39.2 Å². The summed E-state index contributed by atoms with van der Waals surface area (Å²) in [6.07, 6.45) is 6.83. The Morgan fingerprint density at radius 1 is 1.09 bits per heavy atom. The summed E-state index contributed by atoms with van der Waals surface area (Å²) >= 11 is 17.0. The van der Waals surface area contributed by atoms with Crippen molar-refractivity contribution >= 4 is 34.8 Å². The molecule has 0 aromatic heterocycles. The first-order valence-electron chi connectivity index (χ1n) is 2.72. The standard InChI is InChI=1S/C8H2Cl3/c1-2-6-7(10)3-5(9)4-8(6)11/h3-4H. The Labute approximate surface area is 80.1 Å². The third-order valence-electron chi connectivity index (χ3n) is 1.13. The molecule has 1 rings (SSSR count). The normalized spacial score (nSPS) is 9.27. The van der Waals surface area contributed by atoms with E-state index in [1.807, 2.05) is 0 Å². The third-order valence-corrected chi connectivity index (χ3v) is 1.95. The monoisotopic (exact) mass is 203 g/mol. The molecular formula is C8H2Cl3. The molecule has 0 saturated heterocycles. The second kappa shape index (κ2) is 3.36. The molecule has 11 heavy (non-hydrogen) atoms. The SMILES string of the molecule is [C]#Cc1c(Cl)cc(Cl)cc1Cl. The van der Waals surface area contributed by atoms with Crippen LogP contribution in [-0.4, -0.2) is 0 Å². The topological polar surface area (TPSA) is 0 Å². The van der Waals surface area contributed by atoms with Crippen molar-refractivity contribution in [3.63, 3.8) is 0 Å². The van der Waals surface area contributed by atoms with Gasteiger partial charge in [0.25, 0.3) is 0 Å². The van der Waals surface area contributed by atoms with Gasteiger partial charge < -0.3 is 0 Å². The summed E-state index contributed by atoms with van der Waals surface area (Å²) in [6, 6.07) is 3.04. The molecule has 0 atom stereocenters. The minimum absolute atomic E-state index is 0.345. The van der Waals surface area contributed by atoms with Crippen LogP contribution in [0.25, 0.3) is 0 Å². The van der Waals surface area contributed by atoms with Gasteiger partial charge in [0.1, 0.15) is 0 Å². The van der Waals surface area contributed by atoms with E-state index < -0.39 is 0 Å². The molecule has 1 aromatic rings. The van der Waals surface area contributed by atoms with Crippen LogP contribution in [0.4, 0.5) is 0 Å². The van der Waals surface area contributed by atoms with Crippen molar-refractivity contribution in [2.24, 2.45) is 0 Å². The summed E-state index contributed by atoms with van der Waals surface area (Å²) in [5.74, 6) is 2.12. The van der Waals surface area contributed by atoms with E-state index in [0.29, 0.717) is 20.6 Å². The first-order chi connectivity index (χ1) is 5.15. The van der Waals surface area contributed by atoms with Gasteiger partial charge in [-0.1, -0.05) is 34.8 Å². The Bertz CT molecular complexity index is 300. The average Bonchev–Trinajstić information content (AvgIpc) is 1.85. The molecule has 0 amide bonds. The minimum atomic E-state index is 0.345. The molecule has 3 heteroatoms. The van der Waals surface area contributed by atoms with Gasteiger partial charge in [-0.05, 0) is 24.5 Å². The number of hydrogen-bond donors (Lipinski definition) is 0. The molecule has 0 aliphatic heterocycles. The molecular weight excluding hydrogens is 202 g/mol. The van der Waals surface area contributed by atoms with Crippen LogP contribution in [0.1, 0.15) is 5.56 Å². The fraction of sp³-hybridized carbons (Fsp3) is 0. The Morgan fingerprint density at radius 2 is 1.55 bits per heavy atom. The van der Waals surface area contributed by atoms with Crippen molar-refractivity contribution in [2.75, 3.05) is 0 Å². The Morgan fingerprint density at radius 3 is 1.91 bits per heavy atom. The molecule has 55 valence electrons. The molecule has 0 bridgehead atoms. The van der Waals surface area contributed by atoms with Gasteiger partial charge in [0, 0.05) is 5.02 Å². The fourth-order valence-corrected chi connectivity index (χ4v) is 1.57. The second-order valence-corrected chi connectivity index (χ2v) is 3.12. The highest BCUT2D eigenvalue weighted by molar-refractivity contribution is 6.39. The molecule has 0 spiro atoms. The highest BCUT2D eigenvalue weighted by atomic mass is 35.5. The molecule has 1 radical (unpaired) electrons. The van der Waals surface area contributed by atoms with E-state index in [0.717, 1.165) is 0 Å². The summed E-state index contributed by atoms with van der Waals surface area (Å²) < 4.78 is 0. The molecule has 0 saturated carbocycles. The van der Waals surface area contributed by atoms with E-state index >= 15 is 0 Å². The predicted octanol–water partition coefficient (Wildman–Crippen LogP) is 3.58. The van der Waals surface area contributed by atoms with Crippen molar-refractivity contribution in [1.29, 1.82) is 0 Å². The zero-order chi connectivity index (χ0) is 8.43. The van der Waals surface area contributed by atoms with Crippen LogP contribution in [0.15, 0.2) is 12.1 Å². The number of benzene rings is 1. The van der Waals surface area contributed by atoms with Gasteiger partial charge in [0.15, 0.2) is 0 Å². The van der Waals surface area contributed by atoms with Crippen molar-refractivity contribution in [3.8, 4) is 5.92 Å². The number of hydrogen-bond acceptors (Lipinski definition) is 0. The van der Waals surface area contributed by atoms with Gasteiger partial charge in [-0.15, -0.1) is 0 Å². The molecule has 0 aliphatic carbocycles. The van der Waals surface area contributed by atoms with Crippen LogP contribution in [-0.2, 0) is 0 Å². The molecule has 0 N–H and O–H groups in total. The van der Waals surface area contributed by atoms with Gasteiger partial charge in [0.05, 0.1) is 15.6 Å². The van der Waals surface area contributed by atoms with Crippen LogP contribution >= 0.6 is 34.8 Å². The molecule has 0 unspecified atom stereocenters. The zero-order valence-electron chi connectivity index (χ0n) is 5.29. The summed E-state index contributed by atoms with van der Waals surface area (Å²) in [6.45, 7) is 0. The molecule has 0 nitrogen and oxygen atoms in total. The lowest BCUT2D eigenvalue weighted by molar-refractivity contribution is 1.64. The van der Waals surface area contributed by atoms with Gasteiger partial charge in [-0.25, -0.2) is 0 Å². The van der Waals surface area contributed by atoms with Crippen molar-refractivity contribution < 1.29 is 0 Å². The smallest absolute Gasteiger partial charge is 0.0629 e. The summed E-state index contributed by atoms with van der Waals surface area (Å²) in [4.78, 5) is 0. The quantitative estimate of drug-likeness (QED) is 0.567. The van der Waals surface area contributed by atoms with E-state index in [4.69, 9.17) is 41.2 Å². The van der Waals surface area contributed by atoms with Crippen molar-refractivity contribution in [1.82, 2.24) is 0 Å². The largest absolute Gasteiger partial charge is 0.0842 e. The van der Waals surface area contributed by atoms with Crippen LogP contribution in [0.3, 0.4) is 0 Å². The van der Waals surface area contributed by atoms with Crippen LogP contribution in [0.2, 0.25) is 15.1 Å². The Hall–Kier alpha value is -0.350. The lowest BCUT2D eigenvalue weighted by atomic mass is 10.2. The average molecular weight is 204 g/mol. The summed E-state index contributed by atoms with van der Waals surface area (Å²) in [5.41, 5.74) is 0.373. The predicted molar refractivity (Wildman–Crippen MR) is 47.7 cm³/mol. The van der Waals surface area contributed by atoms with E-state index in [9.17, 15) is 0 Å². The lowest BCUT2D eigenvalue weighted by Crippen LogP contribution is -1.78. The fourth-order valence-electron chi connectivity index (χ4n) is 0.662. The van der Waals surface area contributed by atoms with E-state index in [1.54, 1.807) is 0 Å². The minimum Gasteiger partial charge on any atom is -0.0842 e. The second-order valence-electron chi connectivity index (χ2n) is 1.87. The summed E-state index contributed by atoms with van der Waals surface area (Å²) in [7, 11) is 0. The van der Waals surface area contributed by atoms with Crippen LogP contribution < -0.4 is 0 Å². The van der Waals surface area contributed by atoms with E-state index in [2.05, 4.69) is 5.92 Å². The molecule has 1 aromatic carbocycles. The molecule has 0 fully saturated rings. The van der Waals surface area contributed by atoms with Gasteiger partial charge in [0.2, 0.25) is 0 Å². The molecule has 0 heterocycles. The van der Waals surface area contributed by atoms with Gasteiger partial charge >= 0.3 is 0 Å². The lowest BCUT2D eigenvalue weighted by Gasteiger charge is -1.98. The maximum atomic E-state index is 6.83. The first kappa shape index (κ1) is 8.74. The van der Waals surface area contributed by atoms with Crippen LogP contribution in [0.5, 0.6) is 0 Å².